The normalized spacial score (nSPS) is 12.1. The summed E-state index contributed by atoms with van der Waals surface area (Å²) in [5.74, 6) is 0. The van der Waals surface area contributed by atoms with Crippen LogP contribution in [-0.2, 0) is 0 Å². The molecule has 0 saturated heterocycles. The van der Waals surface area contributed by atoms with Gasteiger partial charge in [-0.05, 0) is 84.2 Å². The molecule has 0 atom stereocenters. The van der Waals surface area contributed by atoms with E-state index in [-0.39, 0.29) is 0 Å². The summed E-state index contributed by atoms with van der Waals surface area (Å²) in [5.41, 5.74) is 2.09. The fourth-order valence-corrected chi connectivity index (χ4v) is 5.73. The minimum atomic E-state index is 1.04. The van der Waals surface area contributed by atoms with E-state index < -0.39 is 0 Å². The van der Waals surface area contributed by atoms with Crippen molar-refractivity contribution in [2.24, 2.45) is 0 Å². The van der Waals surface area contributed by atoms with Crippen LogP contribution >= 0.6 is 0 Å². The van der Waals surface area contributed by atoms with E-state index in [4.69, 9.17) is 4.98 Å². The molecule has 1 nitrogen and oxygen atoms in total. The van der Waals surface area contributed by atoms with Crippen molar-refractivity contribution >= 4 is 75.7 Å². The SMILES string of the molecule is c1ccc2cc3c(ccc4c3ccc3ccc5c6cc7ccccc7nc6ccc5c34)cc2c1. The number of aromatic nitrogens is 1. The van der Waals surface area contributed by atoms with E-state index in [0.717, 1.165) is 11.0 Å². The van der Waals surface area contributed by atoms with Crippen molar-refractivity contribution in [2.75, 3.05) is 0 Å². The Morgan fingerprint density at radius 2 is 0.912 bits per heavy atom. The van der Waals surface area contributed by atoms with Gasteiger partial charge in [-0.1, -0.05) is 84.9 Å². The van der Waals surface area contributed by atoms with Crippen molar-refractivity contribution in [3.63, 3.8) is 0 Å². The van der Waals surface area contributed by atoms with Crippen molar-refractivity contribution < 1.29 is 0 Å². The van der Waals surface area contributed by atoms with Crippen LogP contribution < -0.4 is 0 Å². The summed E-state index contributed by atoms with van der Waals surface area (Å²) in [6.45, 7) is 0. The van der Waals surface area contributed by atoms with Gasteiger partial charge in [0.2, 0.25) is 0 Å². The lowest BCUT2D eigenvalue weighted by molar-refractivity contribution is 1.51. The van der Waals surface area contributed by atoms with Crippen molar-refractivity contribution in [2.45, 2.75) is 0 Å². The summed E-state index contributed by atoms with van der Waals surface area (Å²) >= 11 is 0. The molecule has 0 radical (unpaired) electrons. The van der Waals surface area contributed by atoms with Crippen LogP contribution in [0.1, 0.15) is 0 Å². The molecule has 0 aliphatic heterocycles. The molecule has 0 bridgehead atoms. The molecule has 1 aromatic heterocycles. The summed E-state index contributed by atoms with van der Waals surface area (Å²) in [5, 5.41) is 15.3. The number of pyridine rings is 1. The summed E-state index contributed by atoms with van der Waals surface area (Å²) in [6, 6.07) is 42.0. The van der Waals surface area contributed by atoms with Gasteiger partial charge >= 0.3 is 0 Å². The molecule has 0 saturated carbocycles. The molecule has 0 N–H and O–H groups in total. The highest BCUT2D eigenvalue weighted by Gasteiger charge is 2.11. The molecule has 0 spiro atoms. The fraction of sp³-hybridized carbons (Fsp3) is 0. The van der Waals surface area contributed by atoms with Crippen LogP contribution in [-0.4, -0.2) is 4.98 Å². The molecule has 8 rings (SSSR count). The molecule has 0 aliphatic rings. The van der Waals surface area contributed by atoms with E-state index in [0.29, 0.717) is 0 Å². The zero-order chi connectivity index (χ0) is 22.2. The molecule has 0 aliphatic carbocycles. The predicted molar refractivity (Wildman–Crippen MR) is 147 cm³/mol. The van der Waals surface area contributed by atoms with E-state index in [1.165, 1.54) is 64.6 Å². The molecule has 34 heavy (non-hydrogen) atoms. The smallest absolute Gasteiger partial charge is 0.0716 e. The summed E-state index contributed by atoms with van der Waals surface area (Å²) in [7, 11) is 0. The molecule has 1 heterocycles. The van der Waals surface area contributed by atoms with Crippen LogP contribution in [0.25, 0.3) is 75.7 Å². The van der Waals surface area contributed by atoms with E-state index in [1.807, 2.05) is 0 Å². The third kappa shape index (κ3) is 2.41. The van der Waals surface area contributed by atoms with Crippen molar-refractivity contribution in [3.05, 3.63) is 115 Å². The molecular formula is C33H19N. The zero-order valence-corrected chi connectivity index (χ0v) is 18.4. The van der Waals surface area contributed by atoms with Crippen LogP contribution in [0, 0.1) is 0 Å². The Hall–Kier alpha value is -4.49. The Labute approximate surface area is 195 Å². The van der Waals surface area contributed by atoms with Crippen LogP contribution in [0.2, 0.25) is 0 Å². The number of benzene rings is 7. The van der Waals surface area contributed by atoms with Gasteiger partial charge in [0, 0.05) is 10.8 Å². The summed E-state index contributed by atoms with van der Waals surface area (Å²) in [6.07, 6.45) is 0. The van der Waals surface area contributed by atoms with Gasteiger partial charge in [-0.3, -0.25) is 0 Å². The number of hydrogen-bond acceptors (Lipinski definition) is 1. The molecular weight excluding hydrogens is 410 g/mol. The van der Waals surface area contributed by atoms with E-state index in [2.05, 4.69) is 115 Å². The first-order chi connectivity index (χ1) is 16.8. The van der Waals surface area contributed by atoms with Crippen LogP contribution in [0.3, 0.4) is 0 Å². The first-order valence-corrected chi connectivity index (χ1v) is 11.7. The van der Waals surface area contributed by atoms with E-state index >= 15 is 0 Å². The van der Waals surface area contributed by atoms with Gasteiger partial charge in [0.25, 0.3) is 0 Å². The van der Waals surface area contributed by atoms with Crippen LogP contribution in [0.15, 0.2) is 115 Å². The van der Waals surface area contributed by atoms with Crippen molar-refractivity contribution in [3.8, 4) is 0 Å². The second-order valence-electron chi connectivity index (χ2n) is 9.22. The second-order valence-corrected chi connectivity index (χ2v) is 9.22. The van der Waals surface area contributed by atoms with Crippen LogP contribution in [0.5, 0.6) is 0 Å². The molecule has 1 heteroatoms. The largest absolute Gasteiger partial charge is 0.248 e. The molecule has 0 unspecified atom stereocenters. The molecule has 8 aromatic rings. The van der Waals surface area contributed by atoms with Gasteiger partial charge < -0.3 is 0 Å². The van der Waals surface area contributed by atoms with Crippen molar-refractivity contribution in [1.29, 1.82) is 0 Å². The number of hydrogen-bond donors (Lipinski definition) is 0. The molecule has 156 valence electrons. The number of fused-ring (bicyclic) bond motifs is 11. The number of rotatable bonds is 0. The standard InChI is InChI=1S/C33H19N/c1-2-6-22-18-29-23(17-21(22)5-1)11-14-27-25(29)12-9-20-10-13-26-28(33(20)27)15-16-32-30(26)19-24-7-3-4-8-31(24)34-32/h1-19H. The fourth-order valence-electron chi connectivity index (χ4n) is 5.73. The van der Waals surface area contributed by atoms with Gasteiger partial charge in [0.05, 0.1) is 11.0 Å². The van der Waals surface area contributed by atoms with Crippen molar-refractivity contribution in [1.82, 2.24) is 4.98 Å². The lowest BCUT2D eigenvalue weighted by atomic mass is 9.91. The molecule has 0 fully saturated rings. The lowest BCUT2D eigenvalue weighted by Gasteiger charge is -2.13. The first-order valence-electron chi connectivity index (χ1n) is 11.7. The van der Waals surface area contributed by atoms with Gasteiger partial charge in [-0.25, -0.2) is 4.98 Å². The summed E-state index contributed by atoms with van der Waals surface area (Å²) in [4.78, 5) is 4.94. The maximum atomic E-state index is 4.94. The molecule has 7 aromatic carbocycles. The Balaban J connectivity index is 1.54. The molecule has 0 amide bonds. The number of nitrogens with zero attached hydrogens (tertiary/aromatic N) is 1. The minimum Gasteiger partial charge on any atom is -0.248 e. The third-order valence-corrected chi connectivity index (χ3v) is 7.36. The zero-order valence-electron chi connectivity index (χ0n) is 18.4. The van der Waals surface area contributed by atoms with Gasteiger partial charge in [-0.15, -0.1) is 0 Å². The lowest BCUT2D eigenvalue weighted by Crippen LogP contribution is -1.87. The predicted octanol–water partition coefficient (Wildman–Crippen LogP) is 9.15. The van der Waals surface area contributed by atoms with E-state index in [1.54, 1.807) is 0 Å². The quantitative estimate of drug-likeness (QED) is 0.173. The maximum absolute atomic E-state index is 4.94. The maximum Gasteiger partial charge on any atom is 0.0716 e. The Bertz CT molecular complexity index is 1970. The van der Waals surface area contributed by atoms with Gasteiger partial charge in [-0.2, -0.15) is 0 Å². The third-order valence-electron chi connectivity index (χ3n) is 7.36. The first kappa shape index (κ1) is 18.0. The second kappa shape index (κ2) is 6.52. The average Bonchev–Trinajstić information content (AvgIpc) is 2.90. The Morgan fingerprint density at radius 3 is 1.74 bits per heavy atom. The number of para-hydroxylation sites is 1. The Kier molecular flexibility index (Phi) is 3.45. The van der Waals surface area contributed by atoms with Crippen LogP contribution in [0.4, 0.5) is 0 Å². The van der Waals surface area contributed by atoms with E-state index in [9.17, 15) is 0 Å². The average molecular weight is 430 g/mol. The Morgan fingerprint density at radius 1 is 0.324 bits per heavy atom. The highest BCUT2D eigenvalue weighted by atomic mass is 14.7. The summed E-state index contributed by atoms with van der Waals surface area (Å²) < 4.78 is 0. The monoisotopic (exact) mass is 429 g/mol. The topological polar surface area (TPSA) is 12.9 Å². The van der Waals surface area contributed by atoms with Gasteiger partial charge in [0.15, 0.2) is 0 Å². The minimum absolute atomic E-state index is 1.04. The highest BCUT2D eigenvalue weighted by Crippen LogP contribution is 2.38. The van der Waals surface area contributed by atoms with Gasteiger partial charge in [0.1, 0.15) is 0 Å². The highest BCUT2D eigenvalue weighted by molar-refractivity contribution is 6.28.